The summed E-state index contributed by atoms with van der Waals surface area (Å²) in [5.74, 6) is 0.534. The van der Waals surface area contributed by atoms with Crippen LogP contribution in [0.4, 0.5) is 24.8 Å². The van der Waals surface area contributed by atoms with E-state index in [1.54, 1.807) is 47.4 Å². The molecule has 1 aliphatic rings. The minimum absolute atomic E-state index is 0.0217. The van der Waals surface area contributed by atoms with E-state index in [0.29, 0.717) is 36.5 Å². The summed E-state index contributed by atoms with van der Waals surface area (Å²) in [5, 5.41) is 22.1. The van der Waals surface area contributed by atoms with Gasteiger partial charge in [-0.25, -0.2) is 9.97 Å². The fraction of sp³-hybridized carbons (Fsp3) is 0.250. The number of hydrogen-bond donors (Lipinski definition) is 1. The van der Waals surface area contributed by atoms with Crippen LogP contribution in [0.5, 0.6) is 0 Å². The Balaban J connectivity index is 1.71. The van der Waals surface area contributed by atoms with Crippen molar-refractivity contribution in [3.8, 4) is 23.4 Å². The van der Waals surface area contributed by atoms with Crippen molar-refractivity contribution >= 4 is 23.2 Å². The van der Waals surface area contributed by atoms with E-state index >= 15 is 0 Å². The molecule has 3 heterocycles. The molecule has 172 valence electrons. The van der Waals surface area contributed by atoms with Crippen LogP contribution >= 0.6 is 11.6 Å². The second-order valence-electron chi connectivity index (χ2n) is 7.82. The van der Waals surface area contributed by atoms with Gasteiger partial charge < -0.3 is 10.2 Å². The Morgan fingerprint density at radius 1 is 1.12 bits per heavy atom. The van der Waals surface area contributed by atoms with Gasteiger partial charge in [-0.3, -0.25) is 0 Å². The van der Waals surface area contributed by atoms with Gasteiger partial charge in [0.25, 0.3) is 0 Å². The van der Waals surface area contributed by atoms with Crippen LogP contribution in [-0.2, 0) is 6.18 Å². The number of nitrogens with zero attached hydrogens (tertiary/aromatic N) is 5. The first-order valence-electron chi connectivity index (χ1n) is 10.4. The van der Waals surface area contributed by atoms with Crippen LogP contribution in [0.25, 0.3) is 11.3 Å². The Morgan fingerprint density at radius 3 is 2.56 bits per heavy atom. The zero-order valence-corrected chi connectivity index (χ0v) is 18.5. The number of rotatable bonds is 4. The van der Waals surface area contributed by atoms with Crippen LogP contribution < -0.4 is 10.2 Å². The highest BCUT2D eigenvalue weighted by Gasteiger charge is 2.37. The molecule has 0 spiro atoms. The Bertz CT molecular complexity index is 1280. The molecule has 6 nitrogen and oxygen atoms in total. The van der Waals surface area contributed by atoms with Crippen molar-refractivity contribution < 1.29 is 13.2 Å². The average molecular weight is 483 g/mol. The molecule has 2 aromatic heterocycles. The highest BCUT2D eigenvalue weighted by atomic mass is 35.5. The summed E-state index contributed by atoms with van der Waals surface area (Å²) in [7, 11) is 0. The summed E-state index contributed by atoms with van der Waals surface area (Å²) in [6.07, 6.45) is -1.85. The number of aromatic nitrogens is 2. The molecular weight excluding hydrogens is 465 g/mol. The largest absolute Gasteiger partial charge is 0.417 e. The minimum atomic E-state index is -4.74. The summed E-state index contributed by atoms with van der Waals surface area (Å²) in [6.45, 7) is 0.774. The van der Waals surface area contributed by atoms with Crippen LogP contribution in [0.1, 0.15) is 29.5 Å². The van der Waals surface area contributed by atoms with Crippen LogP contribution in [0, 0.1) is 22.7 Å². The van der Waals surface area contributed by atoms with Gasteiger partial charge in [0.2, 0.25) is 0 Å². The Kier molecular flexibility index (Phi) is 6.58. The summed E-state index contributed by atoms with van der Waals surface area (Å²) in [6, 6.07) is 14.3. The van der Waals surface area contributed by atoms with Crippen LogP contribution in [-0.4, -0.2) is 29.1 Å². The SMILES string of the molecule is N#Cc1ccc(NC2CCCN(c3nc(-c4ccccc4Cl)cc(C(F)(F)F)c3C#N)C2)nc1. The molecule has 0 radical (unpaired) electrons. The molecule has 1 aromatic carbocycles. The summed E-state index contributed by atoms with van der Waals surface area (Å²) < 4.78 is 41.8. The van der Waals surface area contributed by atoms with E-state index in [1.165, 1.54) is 6.20 Å². The maximum Gasteiger partial charge on any atom is 0.417 e. The standard InChI is InChI=1S/C24H18ClF3N6/c25-20-6-2-1-5-17(20)21-10-19(24(26,27)28)18(12-30)23(33-21)34-9-3-4-16(14-34)32-22-8-7-15(11-29)13-31-22/h1-2,5-8,10,13,16H,3-4,9,14H2,(H,31,32). The second kappa shape index (κ2) is 9.58. The van der Waals surface area contributed by atoms with Crippen LogP contribution in [0.3, 0.4) is 0 Å². The third-order valence-corrected chi connectivity index (χ3v) is 5.86. The monoisotopic (exact) mass is 482 g/mol. The molecule has 1 fully saturated rings. The first-order valence-corrected chi connectivity index (χ1v) is 10.8. The molecule has 1 atom stereocenters. The van der Waals surface area contributed by atoms with Crippen molar-refractivity contribution in [2.24, 2.45) is 0 Å². The number of pyridine rings is 2. The summed E-state index contributed by atoms with van der Waals surface area (Å²) >= 11 is 6.24. The fourth-order valence-electron chi connectivity index (χ4n) is 3.94. The van der Waals surface area contributed by atoms with Crippen LogP contribution in [0.2, 0.25) is 5.02 Å². The first-order chi connectivity index (χ1) is 16.3. The molecule has 1 unspecified atom stereocenters. The molecule has 1 saturated heterocycles. The summed E-state index contributed by atoms with van der Waals surface area (Å²) in [5.41, 5.74) is -0.724. The molecule has 0 saturated carbocycles. The average Bonchev–Trinajstić information content (AvgIpc) is 2.83. The molecule has 1 N–H and O–H groups in total. The van der Waals surface area contributed by atoms with Crippen molar-refractivity contribution in [3.05, 3.63) is 70.4 Å². The number of halogens is 4. The smallest absolute Gasteiger partial charge is 0.366 e. The zero-order chi connectivity index (χ0) is 24.3. The second-order valence-corrected chi connectivity index (χ2v) is 8.22. The van der Waals surface area contributed by atoms with Gasteiger partial charge >= 0.3 is 6.18 Å². The lowest BCUT2D eigenvalue weighted by molar-refractivity contribution is -0.137. The normalized spacial score (nSPS) is 15.9. The first kappa shape index (κ1) is 23.3. The van der Waals surface area contributed by atoms with E-state index in [2.05, 4.69) is 15.3 Å². The van der Waals surface area contributed by atoms with Crippen molar-refractivity contribution in [3.63, 3.8) is 0 Å². The van der Waals surface area contributed by atoms with Crippen molar-refractivity contribution in [1.29, 1.82) is 10.5 Å². The van der Waals surface area contributed by atoms with Crippen molar-refractivity contribution in [2.45, 2.75) is 25.1 Å². The molecule has 10 heteroatoms. The highest BCUT2D eigenvalue weighted by molar-refractivity contribution is 6.33. The molecule has 34 heavy (non-hydrogen) atoms. The van der Waals surface area contributed by atoms with Crippen molar-refractivity contribution in [2.75, 3.05) is 23.3 Å². The molecule has 0 bridgehead atoms. The maximum absolute atomic E-state index is 13.9. The number of nitriles is 2. The molecule has 3 aromatic rings. The summed E-state index contributed by atoms with van der Waals surface area (Å²) in [4.78, 5) is 10.4. The van der Waals surface area contributed by atoms with Gasteiger partial charge in [-0.1, -0.05) is 29.8 Å². The minimum Gasteiger partial charge on any atom is -0.366 e. The van der Waals surface area contributed by atoms with Gasteiger partial charge in [0.05, 0.1) is 16.8 Å². The lowest BCUT2D eigenvalue weighted by Crippen LogP contribution is -2.43. The quantitative estimate of drug-likeness (QED) is 0.517. The number of piperidine rings is 1. The lowest BCUT2D eigenvalue weighted by atomic mass is 10.0. The number of anilines is 2. The van der Waals surface area contributed by atoms with Gasteiger partial charge in [0, 0.05) is 35.9 Å². The predicted molar refractivity (Wildman–Crippen MR) is 122 cm³/mol. The third-order valence-electron chi connectivity index (χ3n) is 5.53. The third kappa shape index (κ3) is 4.90. The Morgan fingerprint density at radius 2 is 1.91 bits per heavy atom. The topological polar surface area (TPSA) is 88.6 Å². The van der Waals surface area contributed by atoms with E-state index in [0.717, 1.165) is 12.5 Å². The fourth-order valence-corrected chi connectivity index (χ4v) is 4.18. The van der Waals surface area contributed by atoms with Gasteiger partial charge in [0.15, 0.2) is 0 Å². The van der Waals surface area contributed by atoms with Crippen molar-refractivity contribution in [1.82, 2.24) is 9.97 Å². The number of alkyl halides is 3. The van der Waals surface area contributed by atoms with Crippen LogP contribution in [0.15, 0.2) is 48.7 Å². The lowest BCUT2D eigenvalue weighted by Gasteiger charge is -2.35. The van der Waals surface area contributed by atoms with E-state index in [1.807, 2.05) is 6.07 Å². The molecule has 4 rings (SSSR count). The Hall–Kier alpha value is -3.82. The van der Waals surface area contributed by atoms with Gasteiger partial charge in [0.1, 0.15) is 29.3 Å². The number of nitrogens with one attached hydrogen (secondary N) is 1. The molecule has 1 aliphatic heterocycles. The van der Waals surface area contributed by atoms with E-state index in [-0.39, 0.29) is 22.6 Å². The molecule has 0 amide bonds. The highest BCUT2D eigenvalue weighted by Crippen LogP contribution is 2.39. The zero-order valence-electron chi connectivity index (χ0n) is 17.8. The molecule has 0 aliphatic carbocycles. The maximum atomic E-state index is 13.9. The Labute approximate surface area is 199 Å². The van der Waals surface area contributed by atoms with Gasteiger partial charge in [-0.2, -0.15) is 23.7 Å². The van der Waals surface area contributed by atoms with Gasteiger partial charge in [-0.15, -0.1) is 0 Å². The number of benzene rings is 1. The number of hydrogen-bond acceptors (Lipinski definition) is 6. The molecular formula is C24H18ClF3N6. The van der Waals surface area contributed by atoms with E-state index < -0.39 is 17.3 Å². The van der Waals surface area contributed by atoms with E-state index in [4.69, 9.17) is 16.9 Å². The van der Waals surface area contributed by atoms with E-state index in [9.17, 15) is 18.4 Å². The van der Waals surface area contributed by atoms with Gasteiger partial charge in [-0.05, 0) is 37.1 Å². The predicted octanol–water partition coefficient (Wildman–Crippen LogP) is 5.64.